The van der Waals surface area contributed by atoms with Crippen LogP contribution < -0.4 is 15.5 Å². The van der Waals surface area contributed by atoms with Crippen LogP contribution in [0.15, 0.2) is 16.6 Å². The Balaban J connectivity index is 2.20. The molecule has 0 saturated heterocycles. The topological polar surface area (TPSA) is 53.6 Å². The number of nitrogens with zero attached hydrogens (tertiary/aromatic N) is 1. The Morgan fingerprint density at radius 3 is 2.90 bits per heavy atom. The smallest absolute Gasteiger partial charge is 0.246 e. The summed E-state index contributed by atoms with van der Waals surface area (Å²) < 4.78 is 6.08. The molecule has 1 aliphatic heterocycles. The molecule has 1 heterocycles. The average molecular weight is 356 g/mol. The molecule has 0 aromatic heterocycles. The number of hydrogen-bond donors (Lipinski definition) is 2. The molecule has 0 fully saturated rings. The SMILES string of the molecule is CCNC1C(=O)Nc2cc(N(C)CCCOC)c(Br)cc21. The van der Waals surface area contributed by atoms with E-state index in [0.29, 0.717) is 0 Å². The van der Waals surface area contributed by atoms with E-state index in [2.05, 4.69) is 31.5 Å². The van der Waals surface area contributed by atoms with E-state index in [1.54, 1.807) is 7.11 Å². The summed E-state index contributed by atoms with van der Waals surface area (Å²) in [4.78, 5) is 14.2. The number of hydrogen-bond acceptors (Lipinski definition) is 4. The second kappa shape index (κ2) is 7.24. The van der Waals surface area contributed by atoms with Gasteiger partial charge in [0.15, 0.2) is 0 Å². The highest BCUT2D eigenvalue weighted by Gasteiger charge is 2.30. The molecular weight excluding hydrogens is 334 g/mol. The van der Waals surface area contributed by atoms with Gasteiger partial charge >= 0.3 is 0 Å². The molecule has 6 heteroatoms. The number of halogens is 1. The summed E-state index contributed by atoms with van der Waals surface area (Å²) >= 11 is 3.62. The Kier molecular flexibility index (Phi) is 5.61. The Hall–Kier alpha value is -1.11. The van der Waals surface area contributed by atoms with Crippen molar-refractivity contribution in [2.45, 2.75) is 19.4 Å². The van der Waals surface area contributed by atoms with Crippen molar-refractivity contribution >= 4 is 33.2 Å². The van der Waals surface area contributed by atoms with Gasteiger partial charge in [0.05, 0.1) is 5.69 Å². The minimum absolute atomic E-state index is 0.0120. The average Bonchev–Trinajstić information content (AvgIpc) is 2.74. The summed E-state index contributed by atoms with van der Waals surface area (Å²) in [5.74, 6) is 0.0120. The van der Waals surface area contributed by atoms with Gasteiger partial charge in [-0.2, -0.15) is 0 Å². The van der Waals surface area contributed by atoms with Crippen molar-refractivity contribution in [3.63, 3.8) is 0 Å². The molecule has 0 bridgehead atoms. The van der Waals surface area contributed by atoms with Crippen molar-refractivity contribution in [1.82, 2.24) is 5.32 Å². The zero-order valence-electron chi connectivity index (χ0n) is 12.7. The maximum atomic E-state index is 12.0. The van der Waals surface area contributed by atoms with Crippen LogP contribution in [0.3, 0.4) is 0 Å². The molecule has 1 aromatic rings. The van der Waals surface area contributed by atoms with Gasteiger partial charge in [-0.05, 0) is 41.0 Å². The molecule has 116 valence electrons. The van der Waals surface area contributed by atoms with Gasteiger partial charge in [-0.25, -0.2) is 0 Å². The van der Waals surface area contributed by atoms with E-state index in [-0.39, 0.29) is 11.9 Å². The van der Waals surface area contributed by atoms with Gasteiger partial charge in [-0.1, -0.05) is 6.92 Å². The van der Waals surface area contributed by atoms with Crippen LogP contribution in [0.5, 0.6) is 0 Å². The van der Waals surface area contributed by atoms with Gasteiger partial charge < -0.3 is 20.3 Å². The van der Waals surface area contributed by atoms with Crippen molar-refractivity contribution in [3.05, 3.63) is 22.2 Å². The van der Waals surface area contributed by atoms with Crippen molar-refractivity contribution in [2.24, 2.45) is 0 Å². The Labute approximate surface area is 134 Å². The van der Waals surface area contributed by atoms with Crippen molar-refractivity contribution in [3.8, 4) is 0 Å². The van der Waals surface area contributed by atoms with Crippen LogP contribution in [-0.4, -0.2) is 39.8 Å². The lowest BCUT2D eigenvalue weighted by Crippen LogP contribution is -2.27. The van der Waals surface area contributed by atoms with Crippen LogP contribution in [0.1, 0.15) is 24.9 Å². The number of fused-ring (bicyclic) bond motifs is 1. The third-order valence-electron chi connectivity index (χ3n) is 3.61. The second-order valence-corrected chi connectivity index (χ2v) is 5.99. The number of amides is 1. The predicted molar refractivity (Wildman–Crippen MR) is 89.0 cm³/mol. The van der Waals surface area contributed by atoms with E-state index in [9.17, 15) is 4.79 Å². The fourth-order valence-corrected chi connectivity index (χ4v) is 3.20. The maximum Gasteiger partial charge on any atom is 0.246 e. The van der Waals surface area contributed by atoms with Crippen molar-refractivity contribution in [1.29, 1.82) is 0 Å². The summed E-state index contributed by atoms with van der Waals surface area (Å²) in [7, 11) is 3.75. The van der Waals surface area contributed by atoms with E-state index >= 15 is 0 Å². The minimum Gasteiger partial charge on any atom is -0.385 e. The van der Waals surface area contributed by atoms with Gasteiger partial charge in [-0.3, -0.25) is 4.79 Å². The largest absolute Gasteiger partial charge is 0.385 e. The Morgan fingerprint density at radius 1 is 1.48 bits per heavy atom. The molecule has 2 N–H and O–H groups in total. The van der Waals surface area contributed by atoms with E-state index in [1.807, 2.05) is 26.1 Å². The molecule has 1 aromatic carbocycles. The van der Waals surface area contributed by atoms with Crippen LogP contribution in [-0.2, 0) is 9.53 Å². The fourth-order valence-electron chi connectivity index (χ4n) is 2.54. The Bertz CT molecular complexity index is 522. The highest BCUT2D eigenvalue weighted by molar-refractivity contribution is 9.10. The molecule has 0 spiro atoms. The van der Waals surface area contributed by atoms with E-state index in [0.717, 1.165) is 47.5 Å². The van der Waals surface area contributed by atoms with E-state index in [1.165, 1.54) is 0 Å². The number of nitrogens with one attached hydrogen (secondary N) is 2. The molecule has 21 heavy (non-hydrogen) atoms. The van der Waals surface area contributed by atoms with Gasteiger partial charge in [0, 0.05) is 43.0 Å². The van der Waals surface area contributed by atoms with Gasteiger partial charge in [0.2, 0.25) is 5.91 Å². The molecule has 5 nitrogen and oxygen atoms in total. The third-order valence-corrected chi connectivity index (χ3v) is 4.25. The number of methoxy groups -OCH3 is 1. The number of anilines is 2. The van der Waals surface area contributed by atoms with Gasteiger partial charge in [0.1, 0.15) is 6.04 Å². The molecule has 0 saturated carbocycles. The number of carbonyl (C=O) groups is 1. The molecule has 1 aliphatic rings. The number of ether oxygens (including phenoxy) is 1. The molecule has 1 unspecified atom stereocenters. The normalized spacial score (nSPS) is 16.8. The summed E-state index contributed by atoms with van der Waals surface area (Å²) in [5, 5.41) is 6.15. The first-order chi connectivity index (χ1) is 10.1. The van der Waals surface area contributed by atoms with Crippen molar-refractivity contribution < 1.29 is 9.53 Å². The van der Waals surface area contributed by atoms with Crippen LogP contribution in [0.4, 0.5) is 11.4 Å². The number of carbonyl (C=O) groups excluding carboxylic acids is 1. The maximum absolute atomic E-state index is 12.0. The quantitative estimate of drug-likeness (QED) is 0.738. The molecule has 0 radical (unpaired) electrons. The highest BCUT2D eigenvalue weighted by Crippen LogP contribution is 2.38. The zero-order chi connectivity index (χ0) is 15.4. The van der Waals surface area contributed by atoms with E-state index < -0.39 is 0 Å². The number of likely N-dealkylation sites (N-methyl/N-ethyl adjacent to an activating group) is 1. The minimum atomic E-state index is -0.255. The lowest BCUT2D eigenvalue weighted by atomic mass is 10.1. The summed E-state index contributed by atoms with van der Waals surface area (Å²) in [6.45, 7) is 4.40. The summed E-state index contributed by atoms with van der Waals surface area (Å²) in [5.41, 5.74) is 2.97. The summed E-state index contributed by atoms with van der Waals surface area (Å²) in [6, 6.07) is 3.80. The van der Waals surface area contributed by atoms with Crippen LogP contribution in [0.2, 0.25) is 0 Å². The monoisotopic (exact) mass is 355 g/mol. The molecule has 1 amide bonds. The first-order valence-electron chi connectivity index (χ1n) is 7.16. The molecular formula is C15H22BrN3O2. The van der Waals surface area contributed by atoms with Gasteiger partial charge in [0.25, 0.3) is 0 Å². The van der Waals surface area contributed by atoms with Crippen molar-refractivity contribution in [2.75, 3.05) is 44.1 Å². The van der Waals surface area contributed by atoms with Gasteiger partial charge in [-0.15, -0.1) is 0 Å². The fraction of sp³-hybridized carbons (Fsp3) is 0.533. The highest BCUT2D eigenvalue weighted by atomic mass is 79.9. The first-order valence-corrected chi connectivity index (χ1v) is 7.95. The lowest BCUT2D eigenvalue weighted by Gasteiger charge is -2.22. The third kappa shape index (κ3) is 3.56. The lowest BCUT2D eigenvalue weighted by molar-refractivity contribution is -0.117. The van der Waals surface area contributed by atoms with Crippen LogP contribution >= 0.6 is 15.9 Å². The number of rotatable bonds is 7. The molecule has 0 aliphatic carbocycles. The van der Waals surface area contributed by atoms with Crippen LogP contribution in [0.25, 0.3) is 0 Å². The van der Waals surface area contributed by atoms with E-state index in [4.69, 9.17) is 4.74 Å². The standard InChI is InChI=1S/C15H22BrN3O2/c1-4-17-14-10-8-11(16)13(9-12(10)18-15(14)20)19(2)6-5-7-21-3/h8-9,14,17H,4-7H2,1-3H3,(H,18,20). The van der Waals surface area contributed by atoms with Crippen LogP contribution in [0, 0.1) is 0 Å². The second-order valence-electron chi connectivity index (χ2n) is 5.14. The number of benzene rings is 1. The first kappa shape index (κ1) is 16.3. The summed E-state index contributed by atoms with van der Waals surface area (Å²) in [6.07, 6.45) is 0.961. The predicted octanol–water partition coefficient (Wildman–Crippen LogP) is 2.52. The Morgan fingerprint density at radius 2 is 2.24 bits per heavy atom. The zero-order valence-corrected chi connectivity index (χ0v) is 14.3. The molecule has 1 atom stereocenters. The molecule has 2 rings (SSSR count).